The first-order valence-corrected chi connectivity index (χ1v) is 8.55. The fraction of sp³-hybridized carbons (Fsp3) is 0.500. The van der Waals surface area contributed by atoms with Gasteiger partial charge in [-0.1, -0.05) is 12.5 Å². The van der Waals surface area contributed by atoms with Gasteiger partial charge in [-0.2, -0.15) is 0 Å². The van der Waals surface area contributed by atoms with Gasteiger partial charge in [0.25, 0.3) is 0 Å². The maximum atomic E-state index is 12.1. The van der Waals surface area contributed by atoms with E-state index in [2.05, 4.69) is 9.88 Å². The number of thiophene rings is 1. The molecule has 22 heavy (non-hydrogen) atoms. The first-order chi connectivity index (χ1) is 10.8. The molecule has 0 aromatic carbocycles. The van der Waals surface area contributed by atoms with E-state index in [0.717, 1.165) is 36.4 Å². The lowest BCUT2D eigenvalue weighted by Gasteiger charge is -2.32. The van der Waals surface area contributed by atoms with Gasteiger partial charge in [-0.05, 0) is 37.8 Å². The summed E-state index contributed by atoms with van der Waals surface area (Å²) < 4.78 is 11.0. The van der Waals surface area contributed by atoms with Gasteiger partial charge in [0.2, 0.25) is 5.89 Å². The van der Waals surface area contributed by atoms with Crippen LogP contribution in [0, 0.1) is 0 Å². The third-order valence-electron chi connectivity index (χ3n) is 3.83. The molecule has 1 aliphatic heterocycles. The maximum Gasteiger partial charge on any atom is 0.323 e. The number of nitrogens with zero attached hydrogens (tertiary/aromatic N) is 2. The molecule has 0 amide bonds. The number of esters is 1. The molecule has 1 unspecified atom stereocenters. The van der Waals surface area contributed by atoms with Crippen molar-refractivity contribution in [1.29, 1.82) is 0 Å². The van der Waals surface area contributed by atoms with Crippen LogP contribution in [0.5, 0.6) is 0 Å². The van der Waals surface area contributed by atoms with Crippen LogP contribution in [-0.2, 0) is 16.1 Å². The SMILES string of the molecule is CCOC(=O)C1CCCCN1Cc1ncc(-c2cccs2)o1. The molecule has 0 saturated carbocycles. The molecule has 1 aliphatic rings. The Kier molecular flexibility index (Phi) is 4.90. The van der Waals surface area contributed by atoms with E-state index in [0.29, 0.717) is 19.0 Å². The summed E-state index contributed by atoms with van der Waals surface area (Å²) in [7, 11) is 0. The summed E-state index contributed by atoms with van der Waals surface area (Å²) >= 11 is 1.63. The zero-order valence-corrected chi connectivity index (χ0v) is 13.5. The second-order valence-corrected chi connectivity index (χ2v) is 6.28. The van der Waals surface area contributed by atoms with E-state index in [1.807, 2.05) is 24.4 Å². The summed E-state index contributed by atoms with van der Waals surface area (Å²) in [6.45, 7) is 3.69. The number of carbonyl (C=O) groups is 1. The van der Waals surface area contributed by atoms with E-state index in [1.165, 1.54) is 0 Å². The first kappa shape index (κ1) is 15.2. The Morgan fingerprint density at radius 3 is 3.23 bits per heavy atom. The highest BCUT2D eigenvalue weighted by Gasteiger charge is 2.30. The Balaban J connectivity index is 1.69. The summed E-state index contributed by atoms with van der Waals surface area (Å²) in [6.07, 6.45) is 4.75. The highest BCUT2D eigenvalue weighted by molar-refractivity contribution is 7.13. The molecule has 5 nitrogen and oxygen atoms in total. The van der Waals surface area contributed by atoms with Crippen molar-refractivity contribution in [3.8, 4) is 10.6 Å². The van der Waals surface area contributed by atoms with Gasteiger partial charge >= 0.3 is 5.97 Å². The quantitative estimate of drug-likeness (QED) is 0.791. The predicted molar refractivity (Wildman–Crippen MR) is 84.5 cm³/mol. The Morgan fingerprint density at radius 1 is 1.55 bits per heavy atom. The van der Waals surface area contributed by atoms with Gasteiger partial charge in [-0.25, -0.2) is 4.98 Å². The van der Waals surface area contributed by atoms with Crippen LogP contribution in [-0.4, -0.2) is 35.0 Å². The normalized spacial score (nSPS) is 19.2. The molecule has 118 valence electrons. The Hall–Kier alpha value is -1.66. The van der Waals surface area contributed by atoms with Crippen LogP contribution in [0.1, 0.15) is 32.1 Å². The van der Waals surface area contributed by atoms with Crippen molar-refractivity contribution in [3.05, 3.63) is 29.6 Å². The lowest BCUT2D eigenvalue weighted by molar-refractivity contribution is -0.151. The monoisotopic (exact) mass is 320 g/mol. The van der Waals surface area contributed by atoms with E-state index >= 15 is 0 Å². The van der Waals surface area contributed by atoms with Crippen molar-refractivity contribution in [3.63, 3.8) is 0 Å². The number of rotatable bonds is 5. The first-order valence-electron chi connectivity index (χ1n) is 7.67. The Morgan fingerprint density at radius 2 is 2.45 bits per heavy atom. The van der Waals surface area contributed by atoms with E-state index < -0.39 is 0 Å². The summed E-state index contributed by atoms with van der Waals surface area (Å²) in [6, 6.07) is 3.83. The minimum Gasteiger partial charge on any atom is -0.465 e. The standard InChI is InChI=1S/C16H20N2O3S/c1-2-20-16(19)12-6-3-4-8-18(12)11-15-17-10-13(21-15)14-7-5-9-22-14/h5,7,9-10,12H,2-4,6,8,11H2,1H3. The summed E-state index contributed by atoms with van der Waals surface area (Å²) in [5.41, 5.74) is 0. The largest absolute Gasteiger partial charge is 0.465 e. The average molecular weight is 320 g/mol. The van der Waals surface area contributed by atoms with Crippen LogP contribution in [0.25, 0.3) is 10.6 Å². The van der Waals surface area contributed by atoms with Crippen molar-refractivity contribution in [2.45, 2.75) is 38.8 Å². The number of hydrogen-bond donors (Lipinski definition) is 0. The van der Waals surface area contributed by atoms with Crippen molar-refractivity contribution in [2.24, 2.45) is 0 Å². The predicted octanol–water partition coefficient (Wildman–Crippen LogP) is 3.32. The highest BCUT2D eigenvalue weighted by atomic mass is 32.1. The van der Waals surface area contributed by atoms with Gasteiger partial charge in [0, 0.05) is 0 Å². The zero-order chi connectivity index (χ0) is 15.4. The molecule has 0 N–H and O–H groups in total. The number of oxazole rings is 1. The van der Waals surface area contributed by atoms with Gasteiger partial charge in [-0.15, -0.1) is 11.3 Å². The van der Waals surface area contributed by atoms with Crippen molar-refractivity contribution >= 4 is 17.3 Å². The van der Waals surface area contributed by atoms with Gasteiger partial charge in [-0.3, -0.25) is 9.69 Å². The van der Waals surface area contributed by atoms with Crippen LogP contribution in [0.2, 0.25) is 0 Å². The molecule has 0 aliphatic carbocycles. The van der Waals surface area contributed by atoms with E-state index in [9.17, 15) is 4.79 Å². The van der Waals surface area contributed by atoms with Crippen LogP contribution in [0.15, 0.2) is 28.1 Å². The number of aromatic nitrogens is 1. The molecule has 1 saturated heterocycles. The van der Waals surface area contributed by atoms with Gasteiger partial charge in [0.15, 0.2) is 5.76 Å². The third kappa shape index (κ3) is 3.39. The molecule has 2 aromatic rings. The van der Waals surface area contributed by atoms with E-state index in [-0.39, 0.29) is 12.0 Å². The number of hydrogen-bond acceptors (Lipinski definition) is 6. The van der Waals surface area contributed by atoms with Crippen LogP contribution in [0.3, 0.4) is 0 Å². The molecule has 6 heteroatoms. The van der Waals surface area contributed by atoms with Crippen molar-refractivity contribution in [1.82, 2.24) is 9.88 Å². The Labute approximate surface area is 133 Å². The molecule has 1 atom stereocenters. The molecule has 0 radical (unpaired) electrons. The minimum absolute atomic E-state index is 0.132. The van der Waals surface area contributed by atoms with Crippen molar-refractivity contribution < 1.29 is 13.9 Å². The molecule has 2 aromatic heterocycles. The molecule has 3 heterocycles. The third-order valence-corrected chi connectivity index (χ3v) is 4.71. The molecular weight excluding hydrogens is 300 g/mol. The highest BCUT2D eigenvalue weighted by Crippen LogP contribution is 2.27. The minimum atomic E-state index is -0.175. The fourth-order valence-corrected chi connectivity index (χ4v) is 3.45. The molecule has 3 rings (SSSR count). The topological polar surface area (TPSA) is 55.6 Å². The van der Waals surface area contributed by atoms with Gasteiger partial charge < -0.3 is 9.15 Å². The lowest BCUT2D eigenvalue weighted by Crippen LogP contribution is -2.45. The van der Waals surface area contributed by atoms with Gasteiger partial charge in [0.1, 0.15) is 6.04 Å². The molecular formula is C16H20N2O3S. The van der Waals surface area contributed by atoms with Crippen molar-refractivity contribution in [2.75, 3.05) is 13.2 Å². The maximum absolute atomic E-state index is 12.1. The number of piperidine rings is 1. The van der Waals surface area contributed by atoms with E-state index in [1.54, 1.807) is 17.5 Å². The number of ether oxygens (including phenoxy) is 1. The average Bonchev–Trinajstić information content (AvgIpc) is 3.19. The lowest BCUT2D eigenvalue weighted by atomic mass is 10.0. The van der Waals surface area contributed by atoms with Gasteiger partial charge in [0.05, 0.1) is 24.2 Å². The Bertz CT molecular complexity index is 609. The number of carbonyl (C=O) groups excluding carboxylic acids is 1. The van der Waals surface area contributed by atoms with E-state index in [4.69, 9.17) is 9.15 Å². The summed E-state index contributed by atoms with van der Waals surface area (Å²) in [5.74, 6) is 1.31. The molecule has 0 spiro atoms. The van der Waals surface area contributed by atoms with Crippen LogP contribution < -0.4 is 0 Å². The van der Waals surface area contributed by atoms with Crippen LogP contribution >= 0.6 is 11.3 Å². The summed E-state index contributed by atoms with van der Waals surface area (Å²) in [5, 5.41) is 2.01. The smallest absolute Gasteiger partial charge is 0.323 e. The molecule has 0 bridgehead atoms. The zero-order valence-electron chi connectivity index (χ0n) is 12.7. The fourth-order valence-electron chi connectivity index (χ4n) is 2.78. The summed E-state index contributed by atoms with van der Waals surface area (Å²) in [4.78, 5) is 19.6. The second kappa shape index (κ2) is 7.07. The molecule has 1 fully saturated rings. The number of likely N-dealkylation sites (tertiary alicyclic amines) is 1. The van der Waals surface area contributed by atoms with Crippen LogP contribution in [0.4, 0.5) is 0 Å². The second-order valence-electron chi connectivity index (χ2n) is 5.33.